The van der Waals surface area contributed by atoms with Crippen LogP contribution in [0.5, 0.6) is 5.75 Å². The monoisotopic (exact) mass is 345 g/mol. The standard InChI is InChI=1S/C11H11ClF3NO4S/c1-7-4-8(2-3-9(7)21(12,18)19)20-5-10(17)16-6-11(13,14)15/h2-4H,5-6H2,1H3,(H,16,17). The van der Waals surface area contributed by atoms with E-state index in [1.54, 1.807) is 5.32 Å². The second kappa shape index (κ2) is 6.52. The van der Waals surface area contributed by atoms with Crippen LogP contribution in [-0.4, -0.2) is 33.7 Å². The van der Waals surface area contributed by atoms with Gasteiger partial charge < -0.3 is 10.1 Å². The largest absolute Gasteiger partial charge is 0.484 e. The number of hydrogen-bond donors (Lipinski definition) is 1. The van der Waals surface area contributed by atoms with Gasteiger partial charge in [0.2, 0.25) is 0 Å². The zero-order valence-electron chi connectivity index (χ0n) is 10.7. The van der Waals surface area contributed by atoms with E-state index in [9.17, 15) is 26.4 Å². The van der Waals surface area contributed by atoms with Crippen molar-refractivity contribution in [3.63, 3.8) is 0 Å². The third-order valence-corrected chi connectivity index (χ3v) is 3.75. The third kappa shape index (κ3) is 6.21. The van der Waals surface area contributed by atoms with Crippen molar-refractivity contribution in [3.05, 3.63) is 23.8 Å². The Bertz CT molecular complexity index is 631. The Labute approximate surface area is 123 Å². The molecule has 1 aromatic carbocycles. The molecule has 118 valence electrons. The van der Waals surface area contributed by atoms with Crippen LogP contribution in [0.3, 0.4) is 0 Å². The molecule has 0 saturated heterocycles. The van der Waals surface area contributed by atoms with Crippen LogP contribution in [0.2, 0.25) is 0 Å². The van der Waals surface area contributed by atoms with Gasteiger partial charge in [0.1, 0.15) is 12.3 Å². The van der Waals surface area contributed by atoms with E-state index < -0.39 is 34.3 Å². The first-order valence-electron chi connectivity index (χ1n) is 5.50. The van der Waals surface area contributed by atoms with Crippen LogP contribution in [-0.2, 0) is 13.8 Å². The number of carbonyl (C=O) groups excluding carboxylic acids is 1. The number of amides is 1. The molecule has 1 aromatic rings. The number of hydrogen-bond acceptors (Lipinski definition) is 4. The van der Waals surface area contributed by atoms with Crippen molar-refractivity contribution in [2.75, 3.05) is 13.2 Å². The number of halogens is 4. The van der Waals surface area contributed by atoms with Crippen molar-refractivity contribution >= 4 is 25.6 Å². The van der Waals surface area contributed by atoms with Crippen LogP contribution in [0.4, 0.5) is 13.2 Å². The fraction of sp³-hybridized carbons (Fsp3) is 0.364. The Hall–Kier alpha value is -1.48. The maximum Gasteiger partial charge on any atom is 0.405 e. The Morgan fingerprint density at radius 3 is 2.48 bits per heavy atom. The molecule has 21 heavy (non-hydrogen) atoms. The van der Waals surface area contributed by atoms with E-state index in [0.29, 0.717) is 0 Å². The van der Waals surface area contributed by atoms with Gasteiger partial charge >= 0.3 is 6.18 Å². The van der Waals surface area contributed by atoms with Gasteiger partial charge in [0, 0.05) is 10.7 Å². The summed E-state index contributed by atoms with van der Waals surface area (Å²) >= 11 is 0. The molecule has 0 aliphatic heterocycles. The minimum Gasteiger partial charge on any atom is -0.484 e. The highest BCUT2D eigenvalue weighted by Gasteiger charge is 2.27. The fourth-order valence-electron chi connectivity index (χ4n) is 1.38. The summed E-state index contributed by atoms with van der Waals surface area (Å²) in [4.78, 5) is 11.0. The molecule has 0 bridgehead atoms. The molecule has 10 heteroatoms. The predicted molar refractivity (Wildman–Crippen MR) is 68.8 cm³/mol. The Kier molecular flexibility index (Phi) is 5.46. The van der Waals surface area contributed by atoms with Crippen molar-refractivity contribution in [2.45, 2.75) is 18.0 Å². The molecular weight excluding hydrogens is 335 g/mol. The molecule has 0 unspecified atom stereocenters. The first-order valence-corrected chi connectivity index (χ1v) is 7.81. The Balaban J connectivity index is 2.61. The summed E-state index contributed by atoms with van der Waals surface area (Å²) in [5, 5.41) is 1.64. The highest BCUT2D eigenvalue weighted by atomic mass is 35.7. The summed E-state index contributed by atoms with van der Waals surface area (Å²) in [7, 11) is 1.29. The summed E-state index contributed by atoms with van der Waals surface area (Å²) in [5.41, 5.74) is 0.290. The van der Waals surface area contributed by atoms with Crippen molar-refractivity contribution in [1.82, 2.24) is 5.32 Å². The smallest absolute Gasteiger partial charge is 0.405 e. The maximum absolute atomic E-state index is 11.9. The van der Waals surface area contributed by atoms with Crippen LogP contribution >= 0.6 is 10.7 Å². The molecule has 0 heterocycles. The number of nitrogens with one attached hydrogen (secondary N) is 1. The molecule has 0 atom stereocenters. The van der Waals surface area contributed by atoms with Gasteiger partial charge in [0.15, 0.2) is 6.61 Å². The van der Waals surface area contributed by atoms with Gasteiger partial charge in [-0.1, -0.05) is 0 Å². The van der Waals surface area contributed by atoms with Crippen LogP contribution in [0.1, 0.15) is 5.56 Å². The highest BCUT2D eigenvalue weighted by molar-refractivity contribution is 8.13. The molecule has 0 radical (unpaired) electrons. The topological polar surface area (TPSA) is 72.5 Å². The van der Waals surface area contributed by atoms with E-state index in [0.717, 1.165) is 0 Å². The lowest BCUT2D eigenvalue weighted by Gasteiger charge is -2.10. The number of carbonyl (C=O) groups is 1. The number of rotatable bonds is 5. The zero-order valence-corrected chi connectivity index (χ0v) is 12.3. The maximum atomic E-state index is 11.9. The lowest BCUT2D eigenvalue weighted by Crippen LogP contribution is -2.36. The first kappa shape index (κ1) is 17.6. The molecule has 1 amide bonds. The molecule has 1 N–H and O–H groups in total. The molecule has 0 aromatic heterocycles. The van der Waals surface area contributed by atoms with Crippen molar-refractivity contribution in [2.24, 2.45) is 0 Å². The first-order chi connectivity index (χ1) is 9.49. The minimum absolute atomic E-state index is 0.113. The van der Waals surface area contributed by atoms with Crippen molar-refractivity contribution < 1.29 is 31.1 Å². The average molecular weight is 346 g/mol. The van der Waals surface area contributed by atoms with E-state index in [-0.39, 0.29) is 16.2 Å². The number of ether oxygens (including phenoxy) is 1. The van der Waals surface area contributed by atoms with E-state index in [1.807, 2.05) is 0 Å². The Morgan fingerprint density at radius 2 is 2.00 bits per heavy atom. The van der Waals surface area contributed by atoms with E-state index in [2.05, 4.69) is 0 Å². The predicted octanol–water partition coefficient (Wildman–Crippen LogP) is 1.98. The van der Waals surface area contributed by atoms with Gasteiger partial charge in [0.05, 0.1) is 4.90 Å². The normalized spacial score (nSPS) is 12.0. The number of aryl methyl sites for hydroxylation is 1. The Morgan fingerprint density at radius 1 is 1.38 bits per heavy atom. The zero-order chi connectivity index (χ0) is 16.3. The van der Waals surface area contributed by atoms with Gasteiger partial charge in [-0.3, -0.25) is 4.79 Å². The van der Waals surface area contributed by atoms with Gasteiger partial charge in [-0.25, -0.2) is 8.42 Å². The highest BCUT2D eigenvalue weighted by Crippen LogP contribution is 2.23. The van der Waals surface area contributed by atoms with Crippen LogP contribution in [0, 0.1) is 6.92 Å². The molecule has 5 nitrogen and oxygen atoms in total. The lowest BCUT2D eigenvalue weighted by atomic mass is 10.2. The lowest BCUT2D eigenvalue weighted by molar-refractivity contribution is -0.139. The second-order valence-corrected chi connectivity index (χ2v) is 6.58. The molecular formula is C11H11ClF3NO4S. The molecule has 0 fully saturated rings. The van der Waals surface area contributed by atoms with E-state index >= 15 is 0 Å². The summed E-state index contributed by atoms with van der Waals surface area (Å²) in [6, 6.07) is 3.74. The van der Waals surface area contributed by atoms with Crippen molar-refractivity contribution in [3.8, 4) is 5.75 Å². The average Bonchev–Trinajstić information content (AvgIpc) is 2.31. The van der Waals surface area contributed by atoms with E-state index in [1.165, 1.54) is 25.1 Å². The third-order valence-electron chi connectivity index (χ3n) is 2.27. The molecule has 0 aliphatic rings. The van der Waals surface area contributed by atoms with Gasteiger partial charge in [-0.15, -0.1) is 0 Å². The minimum atomic E-state index is -4.50. The molecule has 0 saturated carbocycles. The molecule has 0 spiro atoms. The second-order valence-electron chi connectivity index (χ2n) is 4.05. The van der Waals surface area contributed by atoms with Crippen LogP contribution in [0.25, 0.3) is 0 Å². The number of alkyl halides is 3. The summed E-state index contributed by atoms with van der Waals surface area (Å²) in [6.45, 7) is -0.605. The van der Waals surface area contributed by atoms with Gasteiger partial charge in [-0.05, 0) is 30.7 Å². The van der Waals surface area contributed by atoms with Gasteiger partial charge in [-0.2, -0.15) is 13.2 Å². The number of benzene rings is 1. The summed E-state index contributed by atoms with van der Waals surface area (Å²) in [5.74, 6) is -0.808. The van der Waals surface area contributed by atoms with Crippen LogP contribution < -0.4 is 10.1 Å². The summed E-state index contributed by atoms with van der Waals surface area (Å²) < 4.78 is 62.9. The molecule has 1 rings (SSSR count). The van der Waals surface area contributed by atoms with Gasteiger partial charge in [0.25, 0.3) is 15.0 Å². The van der Waals surface area contributed by atoms with Crippen molar-refractivity contribution in [1.29, 1.82) is 0 Å². The quantitative estimate of drug-likeness (QED) is 0.828. The molecule has 0 aliphatic carbocycles. The fourth-order valence-corrected chi connectivity index (χ4v) is 2.58. The van der Waals surface area contributed by atoms with E-state index in [4.69, 9.17) is 15.4 Å². The SMILES string of the molecule is Cc1cc(OCC(=O)NCC(F)(F)F)ccc1S(=O)(=O)Cl. The summed E-state index contributed by atoms with van der Waals surface area (Å²) in [6.07, 6.45) is -4.50. The van der Waals surface area contributed by atoms with Crippen LogP contribution in [0.15, 0.2) is 23.1 Å².